The number of hydrogen-bond acceptors (Lipinski definition) is 4. The molecule has 6 heteroatoms. The lowest BCUT2D eigenvalue weighted by molar-refractivity contribution is -0.140. The lowest BCUT2D eigenvalue weighted by atomic mass is 9.68. The van der Waals surface area contributed by atoms with Crippen LogP contribution in [0.3, 0.4) is 0 Å². The van der Waals surface area contributed by atoms with Crippen LogP contribution in [-0.4, -0.2) is 32.6 Å². The molecule has 1 aromatic heterocycles. The zero-order valence-corrected chi connectivity index (χ0v) is 11.8. The second-order valence-electron chi connectivity index (χ2n) is 5.09. The highest BCUT2D eigenvalue weighted by Crippen LogP contribution is 2.41. The summed E-state index contributed by atoms with van der Waals surface area (Å²) in [7, 11) is 3.15. The van der Waals surface area contributed by atoms with Gasteiger partial charge in [0.15, 0.2) is 5.76 Å². The van der Waals surface area contributed by atoms with Crippen molar-refractivity contribution in [1.82, 2.24) is 10.6 Å². The molecule has 2 amide bonds. The quantitative estimate of drug-likeness (QED) is 0.817. The van der Waals surface area contributed by atoms with E-state index in [9.17, 15) is 9.59 Å². The summed E-state index contributed by atoms with van der Waals surface area (Å²) in [4.78, 5) is 23.6. The number of methoxy groups -OCH3 is 1. The van der Waals surface area contributed by atoms with Gasteiger partial charge >= 0.3 is 0 Å². The molecule has 0 bridgehead atoms. The summed E-state index contributed by atoms with van der Waals surface area (Å²) < 4.78 is 10.5. The molecule has 0 radical (unpaired) electrons. The van der Waals surface area contributed by atoms with Crippen LogP contribution < -0.4 is 10.6 Å². The molecular formula is C14H20N2O4. The van der Waals surface area contributed by atoms with Crippen LogP contribution in [0.2, 0.25) is 0 Å². The van der Waals surface area contributed by atoms with E-state index in [1.165, 1.54) is 7.05 Å². The standard InChI is InChI=1S/C14H20N2O4/c1-15-12(17)11-5-4-10(20-11)8-16-13(18)14(9-19-2)6-3-7-14/h4-5H,3,6-9H2,1-2H3,(H,15,17)(H,16,18). The number of carbonyl (C=O) groups excluding carboxylic acids is 2. The number of nitrogens with one attached hydrogen (secondary N) is 2. The Morgan fingerprint density at radius 3 is 2.70 bits per heavy atom. The second kappa shape index (κ2) is 6.09. The molecule has 0 unspecified atom stereocenters. The monoisotopic (exact) mass is 280 g/mol. The molecule has 2 rings (SSSR count). The Labute approximate surface area is 117 Å². The van der Waals surface area contributed by atoms with E-state index >= 15 is 0 Å². The van der Waals surface area contributed by atoms with Crippen LogP contribution in [0, 0.1) is 5.41 Å². The highest BCUT2D eigenvalue weighted by Gasteiger charge is 2.44. The molecule has 0 aromatic carbocycles. The number of amides is 2. The van der Waals surface area contributed by atoms with Crippen molar-refractivity contribution in [2.24, 2.45) is 5.41 Å². The summed E-state index contributed by atoms with van der Waals surface area (Å²) in [6.45, 7) is 0.724. The van der Waals surface area contributed by atoms with E-state index in [0.717, 1.165) is 19.3 Å². The summed E-state index contributed by atoms with van der Waals surface area (Å²) in [5, 5.41) is 5.33. The maximum absolute atomic E-state index is 12.2. The van der Waals surface area contributed by atoms with Crippen LogP contribution in [0.25, 0.3) is 0 Å². The van der Waals surface area contributed by atoms with Crippen LogP contribution in [0.4, 0.5) is 0 Å². The number of hydrogen-bond donors (Lipinski definition) is 2. The first-order chi connectivity index (χ1) is 9.61. The Hall–Kier alpha value is -1.82. The third-order valence-electron chi connectivity index (χ3n) is 3.75. The molecule has 2 N–H and O–H groups in total. The van der Waals surface area contributed by atoms with Crippen LogP contribution in [0.1, 0.15) is 35.6 Å². The minimum atomic E-state index is -0.384. The predicted molar refractivity (Wildman–Crippen MR) is 72.1 cm³/mol. The van der Waals surface area contributed by atoms with E-state index in [4.69, 9.17) is 9.15 Å². The average Bonchev–Trinajstić information content (AvgIpc) is 2.88. The largest absolute Gasteiger partial charge is 0.454 e. The van der Waals surface area contributed by atoms with Gasteiger partial charge in [0.2, 0.25) is 5.91 Å². The first kappa shape index (κ1) is 14.6. The van der Waals surface area contributed by atoms with Crippen LogP contribution >= 0.6 is 0 Å². The molecule has 0 saturated heterocycles. The molecule has 1 aromatic rings. The highest BCUT2D eigenvalue weighted by atomic mass is 16.5. The van der Waals surface area contributed by atoms with Crippen molar-refractivity contribution in [2.45, 2.75) is 25.8 Å². The summed E-state index contributed by atoms with van der Waals surface area (Å²) in [5.41, 5.74) is -0.384. The molecule has 6 nitrogen and oxygen atoms in total. The van der Waals surface area contributed by atoms with E-state index in [1.807, 2.05) is 0 Å². The minimum absolute atomic E-state index is 0.0107. The van der Waals surface area contributed by atoms with Gasteiger partial charge in [-0.3, -0.25) is 9.59 Å². The van der Waals surface area contributed by atoms with Gasteiger partial charge in [0, 0.05) is 14.2 Å². The molecule has 0 atom stereocenters. The van der Waals surface area contributed by atoms with Crippen molar-refractivity contribution in [1.29, 1.82) is 0 Å². The lowest BCUT2D eigenvalue weighted by Crippen LogP contribution is -2.48. The van der Waals surface area contributed by atoms with E-state index in [2.05, 4.69) is 10.6 Å². The van der Waals surface area contributed by atoms with Gasteiger partial charge in [0.25, 0.3) is 5.91 Å². The van der Waals surface area contributed by atoms with E-state index < -0.39 is 0 Å². The normalized spacial score (nSPS) is 16.3. The van der Waals surface area contributed by atoms with Gasteiger partial charge in [0.1, 0.15) is 5.76 Å². The molecular weight excluding hydrogens is 260 g/mol. The number of furan rings is 1. The Kier molecular flexibility index (Phi) is 4.44. The summed E-state index contributed by atoms with van der Waals surface area (Å²) in [6.07, 6.45) is 2.76. The van der Waals surface area contributed by atoms with E-state index in [0.29, 0.717) is 12.4 Å². The van der Waals surface area contributed by atoms with E-state index in [1.54, 1.807) is 19.2 Å². The van der Waals surface area contributed by atoms with Gasteiger partial charge in [-0.25, -0.2) is 0 Å². The predicted octanol–water partition coefficient (Wildman–Crippen LogP) is 1.07. The fourth-order valence-corrected chi connectivity index (χ4v) is 2.39. The molecule has 1 heterocycles. The fraction of sp³-hybridized carbons (Fsp3) is 0.571. The Morgan fingerprint density at radius 2 is 2.15 bits per heavy atom. The topological polar surface area (TPSA) is 80.6 Å². The highest BCUT2D eigenvalue weighted by molar-refractivity contribution is 5.91. The Morgan fingerprint density at radius 1 is 1.40 bits per heavy atom. The van der Waals surface area contributed by atoms with Crippen LogP contribution in [0.5, 0.6) is 0 Å². The van der Waals surface area contributed by atoms with Gasteiger partial charge in [0.05, 0.1) is 18.6 Å². The van der Waals surface area contributed by atoms with Crippen molar-refractivity contribution in [3.63, 3.8) is 0 Å². The molecule has 1 saturated carbocycles. The lowest BCUT2D eigenvalue weighted by Gasteiger charge is -2.39. The fourth-order valence-electron chi connectivity index (χ4n) is 2.39. The van der Waals surface area contributed by atoms with Crippen molar-refractivity contribution in [3.05, 3.63) is 23.7 Å². The summed E-state index contributed by atoms with van der Waals surface area (Å²) in [6, 6.07) is 3.28. The van der Waals surface area contributed by atoms with Crippen molar-refractivity contribution in [2.75, 3.05) is 20.8 Å². The SMILES string of the molecule is CNC(=O)c1ccc(CNC(=O)C2(COC)CCC2)o1. The third kappa shape index (κ3) is 2.85. The summed E-state index contributed by atoms with van der Waals surface area (Å²) >= 11 is 0. The zero-order valence-electron chi connectivity index (χ0n) is 11.8. The molecule has 20 heavy (non-hydrogen) atoms. The van der Waals surface area contributed by atoms with Crippen molar-refractivity contribution < 1.29 is 18.7 Å². The Balaban J connectivity index is 1.90. The first-order valence-corrected chi connectivity index (χ1v) is 6.69. The number of rotatable bonds is 6. The maximum atomic E-state index is 12.2. The average molecular weight is 280 g/mol. The van der Waals surface area contributed by atoms with Crippen LogP contribution in [0.15, 0.2) is 16.5 Å². The van der Waals surface area contributed by atoms with E-state index in [-0.39, 0.29) is 29.5 Å². The first-order valence-electron chi connectivity index (χ1n) is 6.69. The van der Waals surface area contributed by atoms with Crippen molar-refractivity contribution >= 4 is 11.8 Å². The Bertz CT molecular complexity index is 491. The molecule has 0 spiro atoms. The van der Waals surface area contributed by atoms with Gasteiger partial charge in [-0.1, -0.05) is 6.42 Å². The van der Waals surface area contributed by atoms with Crippen LogP contribution in [-0.2, 0) is 16.1 Å². The molecule has 110 valence electrons. The smallest absolute Gasteiger partial charge is 0.286 e. The molecule has 1 fully saturated rings. The van der Waals surface area contributed by atoms with Gasteiger partial charge in [-0.2, -0.15) is 0 Å². The molecule has 1 aliphatic rings. The third-order valence-corrected chi connectivity index (χ3v) is 3.75. The van der Waals surface area contributed by atoms with Gasteiger partial charge in [-0.15, -0.1) is 0 Å². The second-order valence-corrected chi connectivity index (χ2v) is 5.09. The maximum Gasteiger partial charge on any atom is 0.286 e. The molecule has 0 aliphatic heterocycles. The zero-order chi connectivity index (χ0) is 14.6. The van der Waals surface area contributed by atoms with Gasteiger partial charge < -0.3 is 19.8 Å². The summed E-state index contributed by atoms with van der Waals surface area (Å²) in [5.74, 6) is 0.511. The minimum Gasteiger partial charge on any atom is -0.454 e. The van der Waals surface area contributed by atoms with Crippen molar-refractivity contribution in [3.8, 4) is 0 Å². The molecule has 1 aliphatic carbocycles. The number of carbonyl (C=O) groups is 2. The number of ether oxygens (including phenoxy) is 1. The van der Waals surface area contributed by atoms with Gasteiger partial charge in [-0.05, 0) is 25.0 Å².